The number of hydrogen-bond acceptors (Lipinski definition) is 11. The van der Waals surface area contributed by atoms with Crippen molar-refractivity contribution in [3.8, 4) is 0 Å². The minimum absolute atomic E-state index is 0.0138. The zero-order valence-corrected chi connectivity index (χ0v) is 68.0. The summed E-state index contributed by atoms with van der Waals surface area (Å²) in [7, 11) is 0. The molecule has 0 saturated heterocycles. The Morgan fingerprint density at radius 2 is 0.604 bits per heavy atom. The van der Waals surface area contributed by atoms with E-state index in [-0.39, 0.29) is 58.9 Å². The fraction of sp³-hybridized carbons (Fsp3) is 0.516. The molecule has 3 unspecified atom stereocenters. The number of carbonyl (C=O) groups is 4. The molecule has 0 aromatic heterocycles. The molecule has 7 heterocycles. The lowest BCUT2D eigenvalue weighted by Gasteiger charge is -2.39. The molecular weight excluding hydrogens is 1300 g/mol. The summed E-state index contributed by atoms with van der Waals surface area (Å²) >= 11 is 0. The maximum atomic E-state index is 12.1. The predicted molar refractivity (Wildman–Crippen MR) is 442 cm³/mol. The Bertz CT molecular complexity index is 3790. The van der Waals surface area contributed by atoms with Crippen LogP contribution in [-0.2, 0) is 102 Å². The smallest absolute Gasteiger partial charge is 0.152 e. The van der Waals surface area contributed by atoms with E-state index in [0.29, 0.717) is 47.7 Å². The highest BCUT2D eigenvalue weighted by atomic mass is 16.1. The van der Waals surface area contributed by atoms with Crippen molar-refractivity contribution in [2.45, 2.75) is 275 Å². The lowest BCUT2D eigenvalue weighted by molar-refractivity contribution is -0.125. The van der Waals surface area contributed by atoms with Gasteiger partial charge >= 0.3 is 0 Å². The van der Waals surface area contributed by atoms with Crippen LogP contribution in [0.1, 0.15) is 234 Å². The quantitative estimate of drug-likeness (QED) is 0.0525. The van der Waals surface area contributed by atoms with Crippen LogP contribution in [0.25, 0.3) is 0 Å². The molecule has 11 nitrogen and oxygen atoms in total. The van der Waals surface area contributed by atoms with Gasteiger partial charge in [-0.1, -0.05) is 267 Å². The first kappa shape index (κ1) is 84.6. The topological polar surface area (TPSA) is 152 Å². The van der Waals surface area contributed by atoms with Crippen molar-refractivity contribution in [1.82, 2.24) is 37.2 Å². The van der Waals surface area contributed by atoms with Gasteiger partial charge in [0.15, 0.2) is 17.3 Å². The zero-order chi connectivity index (χ0) is 76.8. The highest BCUT2D eigenvalue weighted by molar-refractivity contribution is 5.87. The van der Waals surface area contributed by atoms with Gasteiger partial charge in [0, 0.05) is 98.1 Å². The molecule has 0 amide bonds. The average Bonchev–Trinajstić information content (AvgIpc) is 0.938. The average molecular weight is 1440 g/mol. The maximum absolute atomic E-state index is 12.1. The van der Waals surface area contributed by atoms with Crippen LogP contribution in [-0.4, -0.2) is 59.4 Å². The van der Waals surface area contributed by atoms with E-state index in [1.165, 1.54) is 116 Å². The highest BCUT2D eigenvalue weighted by Gasteiger charge is 2.37. The van der Waals surface area contributed by atoms with Crippen molar-refractivity contribution >= 4 is 23.1 Å². The molecule has 7 aromatic rings. The normalized spacial score (nSPS) is 21.0. The van der Waals surface area contributed by atoms with Crippen molar-refractivity contribution in [1.29, 1.82) is 0 Å². The lowest BCUT2D eigenvalue weighted by Crippen LogP contribution is -2.53. The van der Waals surface area contributed by atoms with E-state index in [1.807, 2.05) is 91.8 Å². The zero-order valence-electron chi connectivity index (χ0n) is 68.0. The van der Waals surface area contributed by atoms with Gasteiger partial charge in [-0.05, 0) is 181 Å². The van der Waals surface area contributed by atoms with E-state index in [9.17, 15) is 19.2 Å². The van der Waals surface area contributed by atoms with Gasteiger partial charge in [-0.2, -0.15) is 0 Å². The molecule has 11 heteroatoms. The third-order valence-electron chi connectivity index (χ3n) is 21.9. The summed E-state index contributed by atoms with van der Waals surface area (Å²) in [5, 5.41) is 24.5. The molecule has 0 saturated carbocycles. The molecule has 106 heavy (non-hydrogen) atoms. The molecule has 7 N–H and O–H groups in total. The van der Waals surface area contributed by atoms with Crippen LogP contribution >= 0.6 is 0 Å². The molecule has 7 atom stereocenters. The predicted octanol–water partition coefficient (Wildman–Crippen LogP) is 17.9. The van der Waals surface area contributed by atoms with Crippen molar-refractivity contribution in [3.05, 3.63) is 248 Å². The number of nitrogens with one attached hydrogen (secondary N) is 7. The second kappa shape index (κ2) is 40.4. The van der Waals surface area contributed by atoms with Crippen LogP contribution in [0, 0.1) is 41.4 Å². The molecule has 7 aliphatic rings. The van der Waals surface area contributed by atoms with Gasteiger partial charge in [0.2, 0.25) is 0 Å². The third kappa shape index (κ3) is 25.0. The first-order chi connectivity index (χ1) is 50.5. The molecule has 7 aliphatic heterocycles. The van der Waals surface area contributed by atoms with Gasteiger partial charge in [0.25, 0.3) is 0 Å². The van der Waals surface area contributed by atoms with Crippen molar-refractivity contribution in [3.63, 3.8) is 0 Å². The fourth-order valence-electron chi connectivity index (χ4n) is 16.2. The summed E-state index contributed by atoms with van der Waals surface area (Å²) < 4.78 is 0. The van der Waals surface area contributed by atoms with E-state index in [2.05, 4.69) is 240 Å². The molecule has 7 aromatic carbocycles. The number of rotatable bonds is 15. The van der Waals surface area contributed by atoms with E-state index >= 15 is 0 Å². The van der Waals surface area contributed by atoms with E-state index in [1.54, 1.807) is 0 Å². The van der Waals surface area contributed by atoms with Gasteiger partial charge in [0.05, 0.1) is 18.1 Å². The fourth-order valence-corrected chi connectivity index (χ4v) is 16.2. The summed E-state index contributed by atoms with van der Waals surface area (Å²) in [6.07, 6.45) is 10.5. The van der Waals surface area contributed by atoms with Crippen molar-refractivity contribution in [2.75, 3.05) is 0 Å². The van der Waals surface area contributed by atoms with Crippen LogP contribution in [0.15, 0.2) is 170 Å². The lowest BCUT2D eigenvalue weighted by atomic mass is 9.80. The Kier molecular flexibility index (Phi) is 32.2. The summed E-state index contributed by atoms with van der Waals surface area (Å²) in [4.78, 5) is 47.5. The first-order valence-electron chi connectivity index (χ1n) is 40.3. The van der Waals surface area contributed by atoms with Crippen molar-refractivity contribution < 1.29 is 19.2 Å². The molecular formula is C95H133N7O4. The Morgan fingerprint density at radius 1 is 0.311 bits per heavy atom. The molecule has 0 radical (unpaired) electrons. The van der Waals surface area contributed by atoms with E-state index in [0.717, 1.165) is 69.7 Å². The molecule has 14 rings (SSSR count). The second-order valence-electron chi connectivity index (χ2n) is 34.4. The number of fused-ring (bicyclic) bond motifs is 7. The number of benzene rings is 7. The van der Waals surface area contributed by atoms with Crippen LogP contribution in [0.3, 0.4) is 0 Å². The minimum atomic E-state index is -0.121. The van der Waals surface area contributed by atoms with Gasteiger partial charge < -0.3 is 31.9 Å². The number of ketones is 4. The number of Topliss-reactive ketones (excluding diaryl/α,β-unsaturated/α-hetero) is 4. The van der Waals surface area contributed by atoms with E-state index in [4.69, 9.17) is 0 Å². The van der Waals surface area contributed by atoms with Gasteiger partial charge in [-0.25, -0.2) is 0 Å². The molecule has 0 fully saturated rings. The third-order valence-corrected chi connectivity index (χ3v) is 21.9. The minimum Gasteiger partial charge on any atom is -0.310 e. The summed E-state index contributed by atoms with van der Waals surface area (Å²) in [6, 6.07) is 62.0. The molecule has 0 aliphatic carbocycles. The van der Waals surface area contributed by atoms with E-state index < -0.39 is 0 Å². The largest absolute Gasteiger partial charge is 0.310 e. The molecule has 0 spiro atoms. The Hall–Kier alpha value is -7.06. The first-order valence-corrected chi connectivity index (χ1v) is 40.3. The van der Waals surface area contributed by atoms with Crippen molar-refractivity contribution in [2.24, 2.45) is 41.4 Å². The summed E-state index contributed by atoms with van der Waals surface area (Å²) in [6.45, 7) is 43.0. The van der Waals surface area contributed by atoms with Gasteiger partial charge in [0.1, 0.15) is 5.78 Å². The Balaban J connectivity index is 0.000000156. The van der Waals surface area contributed by atoms with Gasteiger partial charge in [-0.3, -0.25) is 24.5 Å². The number of hydrogen-bond donors (Lipinski definition) is 7. The summed E-state index contributed by atoms with van der Waals surface area (Å²) in [5.74, 6) is 4.11. The Labute approximate surface area is 640 Å². The Morgan fingerprint density at radius 3 is 1.00 bits per heavy atom. The monoisotopic (exact) mass is 1440 g/mol. The second-order valence-corrected chi connectivity index (χ2v) is 34.4. The van der Waals surface area contributed by atoms with Crippen LogP contribution in [0.4, 0.5) is 0 Å². The summed E-state index contributed by atoms with van der Waals surface area (Å²) in [5.41, 5.74) is 19.5. The molecule has 0 bridgehead atoms. The van der Waals surface area contributed by atoms with Crippen LogP contribution in [0.5, 0.6) is 0 Å². The maximum Gasteiger partial charge on any atom is 0.152 e. The van der Waals surface area contributed by atoms with Crippen LogP contribution < -0.4 is 37.2 Å². The standard InChI is InChI=1S/C15H21NO.C15H23N.3C13H17NO.2C13H19N/c1-10(2)14(17)13-9-11-7-5-6-8-12(11)15(3,4)16-13;1-11(2)9-13-10-12-7-5-6-8-14(12)15(3,4)16-13;1-9(2)13(15)7-12-11-6-4-3-5-10(11)8-14-12;2*1-9(2)13(15)12-7-10-5-3-4-6-11(10)8-14-12;2*1-10(2)7-13-8-11-5-3-4-6-12(11)9-14-13/h5-8,10,13,16H,9H2,1-4H3;5-8,11,13,16H,9-10H2,1-4H3;3*3-6,9,12,14H,7-8H2,1-2H3;2*3-6,10,13-14H,7-9H2,1-2H3/t;;;2*12-;2*13-/m...1010/s1. The van der Waals surface area contributed by atoms with Crippen LogP contribution in [0.2, 0.25) is 0 Å². The number of carbonyl (C=O) groups excluding carboxylic acids is 4. The van der Waals surface area contributed by atoms with Gasteiger partial charge in [-0.15, -0.1) is 0 Å². The molecule has 572 valence electrons. The SMILES string of the molecule is CC(C)C(=O)C1Cc2ccccc2C(C)(C)N1.CC(C)C(=O)CC1NCc2ccccc21.CC(C)C(=O)[C@@H]1Cc2ccccc2CN1.CC(C)C(=O)[C@H]1Cc2ccccc2CN1.CC(C)CC1Cc2ccccc2C(C)(C)N1.CC(C)C[C@@H]1Cc2ccccc2CN1.CC(C)C[C@H]1Cc2ccccc2CN1. The highest BCUT2D eigenvalue weighted by Crippen LogP contribution is 2.34.